The highest BCUT2D eigenvalue weighted by atomic mass is 32.1. The van der Waals surface area contributed by atoms with Crippen LogP contribution in [0.2, 0.25) is 0 Å². The number of thiophene rings is 1. The third-order valence-electron chi connectivity index (χ3n) is 7.55. The summed E-state index contributed by atoms with van der Waals surface area (Å²) in [5, 5.41) is 11.4. The maximum absolute atomic E-state index is 8.90. The molecule has 2 heterocycles. The van der Waals surface area contributed by atoms with Gasteiger partial charge in [-0.15, -0.1) is 11.3 Å². The Bertz CT molecular complexity index is 1920. The number of rotatable bonds is 5. The van der Waals surface area contributed by atoms with Crippen LogP contribution in [0.1, 0.15) is 33.9 Å². The van der Waals surface area contributed by atoms with Gasteiger partial charge in [-0.1, -0.05) is 116 Å². The summed E-state index contributed by atoms with van der Waals surface area (Å²) < 4.78 is 1.27. The lowest BCUT2D eigenvalue weighted by Gasteiger charge is -2.20. The number of anilines is 2. The first-order valence-corrected chi connectivity index (χ1v) is 15.6. The summed E-state index contributed by atoms with van der Waals surface area (Å²) in [5.41, 5.74) is 11.1. The van der Waals surface area contributed by atoms with Gasteiger partial charge in [-0.05, 0) is 72.0 Å². The normalized spacial score (nSPS) is 15.5. The van der Waals surface area contributed by atoms with Crippen LogP contribution in [-0.4, -0.2) is 0 Å². The zero-order chi connectivity index (χ0) is 31.6. The summed E-state index contributed by atoms with van der Waals surface area (Å²) >= 11 is 1.80. The molecule has 1 aromatic heterocycles. The number of allylic oxidation sites excluding steroid dienone is 6. The van der Waals surface area contributed by atoms with Crippen molar-refractivity contribution < 1.29 is 0 Å². The fourth-order valence-corrected chi connectivity index (χ4v) is 6.22. The molecular weight excluding hydrogens is 569 g/mol. The molecule has 4 nitrogen and oxygen atoms in total. The first-order valence-electron chi connectivity index (χ1n) is 14.8. The zero-order valence-electron chi connectivity index (χ0n) is 25.4. The molecule has 45 heavy (non-hydrogen) atoms. The molecule has 1 atom stereocenters. The molecule has 4 aromatic carbocycles. The molecule has 0 saturated heterocycles. The molecule has 5 heteroatoms. The maximum atomic E-state index is 8.90. The number of hydrogen-bond donors (Lipinski definition) is 2. The molecule has 1 unspecified atom stereocenters. The highest BCUT2D eigenvalue weighted by molar-refractivity contribution is 7.23. The molecule has 6 rings (SSSR count). The third-order valence-corrected chi connectivity index (χ3v) is 8.74. The first kappa shape index (κ1) is 31.2. The molecule has 0 bridgehead atoms. The smallest absolute Gasteiger partial charge is 0.108 e. The molecule has 0 aliphatic carbocycles. The number of hydrogen-bond acceptors (Lipinski definition) is 5. The topological polar surface area (TPSA) is 65.1 Å². The monoisotopic (exact) mass is 604 g/mol. The number of benzene rings is 4. The lowest BCUT2D eigenvalue weighted by molar-refractivity contribution is 0.552. The molecule has 0 fully saturated rings. The Morgan fingerprint density at radius 3 is 2.33 bits per heavy atom. The minimum absolute atomic E-state index is 0.0145. The minimum Gasteiger partial charge on any atom is -0.308 e. The highest BCUT2D eigenvalue weighted by Crippen LogP contribution is 2.42. The van der Waals surface area contributed by atoms with E-state index in [1.54, 1.807) is 17.4 Å². The number of nitrogens with one attached hydrogen (secondary N) is 1. The van der Waals surface area contributed by atoms with E-state index < -0.39 is 0 Å². The average Bonchev–Trinajstić information content (AvgIpc) is 3.44. The summed E-state index contributed by atoms with van der Waals surface area (Å²) in [5.74, 6) is 5.61. The molecule has 0 saturated carbocycles. The largest absolute Gasteiger partial charge is 0.308 e. The van der Waals surface area contributed by atoms with Gasteiger partial charge in [0, 0.05) is 27.5 Å². The van der Waals surface area contributed by atoms with Crippen molar-refractivity contribution in [2.45, 2.75) is 19.4 Å². The van der Waals surface area contributed by atoms with Gasteiger partial charge in [-0.2, -0.15) is 5.26 Å². The number of hydrazine groups is 1. The van der Waals surface area contributed by atoms with Crippen molar-refractivity contribution in [2.24, 2.45) is 5.84 Å². The third kappa shape index (κ3) is 7.83. The molecule has 0 radical (unpaired) electrons. The van der Waals surface area contributed by atoms with E-state index in [1.165, 1.54) is 31.8 Å². The second kappa shape index (κ2) is 15.0. The Balaban J connectivity index is 0.000000194. The van der Waals surface area contributed by atoms with E-state index in [0.717, 1.165) is 28.8 Å². The van der Waals surface area contributed by atoms with Crippen molar-refractivity contribution >= 4 is 38.2 Å². The second-order valence-corrected chi connectivity index (χ2v) is 11.8. The Hall–Kier alpha value is -5.25. The van der Waals surface area contributed by atoms with E-state index in [4.69, 9.17) is 11.1 Å². The van der Waals surface area contributed by atoms with Crippen molar-refractivity contribution in [1.29, 1.82) is 5.26 Å². The number of nitrogens with zero attached hydrogens (tertiary/aromatic N) is 2. The molecule has 1 aliphatic heterocycles. The van der Waals surface area contributed by atoms with Crippen LogP contribution >= 0.6 is 11.3 Å². The van der Waals surface area contributed by atoms with E-state index in [9.17, 15) is 0 Å². The van der Waals surface area contributed by atoms with Crippen LogP contribution in [0.3, 0.4) is 0 Å². The molecule has 0 spiro atoms. The van der Waals surface area contributed by atoms with E-state index >= 15 is 0 Å². The predicted octanol–water partition coefficient (Wildman–Crippen LogP) is 9.86. The van der Waals surface area contributed by atoms with Gasteiger partial charge >= 0.3 is 0 Å². The Morgan fingerprint density at radius 1 is 0.844 bits per heavy atom. The summed E-state index contributed by atoms with van der Waals surface area (Å²) in [7, 11) is 0. The SMILES string of the molecule is C=C1/C=C\C=C/N(c2ccc(C)cc2)c2sc3ccccc3c2/C=C\C1=C.N#Cc1cccc(C(Cc2ccccc2)NN)c1. The fourth-order valence-electron chi connectivity index (χ4n) is 5.02. The Morgan fingerprint density at radius 2 is 1.58 bits per heavy atom. The van der Waals surface area contributed by atoms with Crippen molar-refractivity contribution in [3.05, 3.63) is 186 Å². The van der Waals surface area contributed by atoms with Gasteiger partial charge in [0.1, 0.15) is 5.00 Å². The van der Waals surface area contributed by atoms with Gasteiger partial charge < -0.3 is 4.90 Å². The van der Waals surface area contributed by atoms with Crippen molar-refractivity contribution in [3.63, 3.8) is 0 Å². The molecule has 3 N–H and O–H groups in total. The summed E-state index contributed by atoms with van der Waals surface area (Å²) in [6, 6.07) is 37.0. The summed E-state index contributed by atoms with van der Waals surface area (Å²) in [6.07, 6.45) is 13.2. The van der Waals surface area contributed by atoms with Gasteiger partial charge in [0.15, 0.2) is 0 Å². The molecule has 5 aromatic rings. The molecule has 0 amide bonds. The first-order chi connectivity index (χ1) is 22.0. The van der Waals surface area contributed by atoms with E-state index in [0.29, 0.717) is 5.56 Å². The summed E-state index contributed by atoms with van der Waals surface area (Å²) in [6.45, 7) is 10.4. The van der Waals surface area contributed by atoms with Crippen LogP contribution in [0.25, 0.3) is 16.2 Å². The van der Waals surface area contributed by atoms with Crippen LogP contribution in [0.4, 0.5) is 10.7 Å². The van der Waals surface area contributed by atoms with Crippen molar-refractivity contribution in [3.8, 4) is 6.07 Å². The Labute approximate surface area is 270 Å². The van der Waals surface area contributed by atoms with Gasteiger partial charge in [0.25, 0.3) is 0 Å². The number of nitriles is 1. The van der Waals surface area contributed by atoms with Crippen molar-refractivity contribution in [1.82, 2.24) is 5.43 Å². The van der Waals surface area contributed by atoms with Gasteiger partial charge in [0.2, 0.25) is 0 Å². The quantitative estimate of drug-likeness (QED) is 0.155. The molecular formula is C40H36N4S. The van der Waals surface area contributed by atoms with Gasteiger partial charge in [-0.25, -0.2) is 0 Å². The van der Waals surface area contributed by atoms with E-state index in [2.05, 4.69) is 122 Å². The van der Waals surface area contributed by atoms with Crippen LogP contribution < -0.4 is 16.2 Å². The lowest BCUT2D eigenvalue weighted by atomic mass is 9.98. The van der Waals surface area contributed by atoms with Crippen LogP contribution in [0, 0.1) is 18.3 Å². The lowest BCUT2D eigenvalue weighted by Crippen LogP contribution is -2.29. The number of nitrogens with two attached hydrogens (primary N) is 1. The molecule has 1 aliphatic rings. The van der Waals surface area contributed by atoms with Gasteiger partial charge in [0.05, 0.1) is 17.7 Å². The predicted molar refractivity (Wildman–Crippen MR) is 192 cm³/mol. The molecule has 222 valence electrons. The zero-order valence-corrected chi connectivity index (χ0v) is 26.2. The summed E-state index contributed by atoms with van der Waals surface area (Å²) in [4.78, 5) is 2.25. The van der Waals surface area contributed by atoms with Crippen LogP contribution in [0.5, 0.6) is 0 Å². The van der Waals surface area contributed by atoms with Crippen molar-refractivity contribution in [2.75, 3.05) is 4.90 Å². The number of aryl methyl sites for hydroxylation is 1. The van der Waals surface area contributed by atoms with Gasteiger partial charge in [-0.3, -0.25) is 11.3 Å². The van der Waals surface area contributed by atoms with Crippen LogP contribution in [-0.2, 0) is 6.42 Å². The standard InChI is InChI=1S/C25H21NS.C15H15N3/c1-18-11-14-21(15-12-18)26-17-7-6-8-19(2)20(3)13-16-23-22-9-4-5-10-24(22)27-25(23)26;16-11-13-7-4-8-14(9-13)15(18-17)10-12-5-2-1-3-6-12/h4-17H,2-3H2,1H3;1-9,15,18H,10,17H2/b8-6-,16-13-,17-7-;. The highest BCUT2D eigenvalue weighted by Gasteiger charge is 2.17. The fraction of sp³-hybridized carbons (Fsp3) is 0.0750. The maximum Gasteiger partial charge on any atom is 0.108 e. The van der Waals surface area contributed by atoms with E-state index in [1.807, 2.05) is 48.6 Å². The minimum atomic E-state index is 0.0145. The second-order valence-electron chi connectivity index (χ2n) is 10.8. The van der Waals surface area contributed by atoms with E-state index in [-0.39, 0.29) is 6.04 Å². The Kier molecular flexibility index (Phi) is 10.4. The van der Waals surface area contributed by atoms with Crippen LogP contribution in [0.15, 0.2) is 158 Å². The number of fused-ring (bicyclic) bond motifs is 3. The average molecular weight is 605 g/mol.